The Balaban J connectivity index is 2.05. The molecule has 3 aromatic rings. The molecule has 106 valence electrons. The number of benzene rings is 3. The molecule has 0 heteroatoms. The minimum Gasteiger partial charge on any atom is -0.276 e. The van der Waals surface area contributed by atoms with Crippen molar-refractivity contribution in [3.63, 3.8) is 0 Å². The fraction of sp³-hybridized carbons (Fsp3) is 0.0455. The Morgan fingerprint density at radius 1 is 0.500 bits per heavy atom. The van der Waals surface area contributed by atoms with E-state index in [0.717, 1.165) is 0 Å². The first-order valence-corrected chi connectivity index (χ1v) is 7.64. The van der Waals surface area contributed by atoms with E-state index in [1.807, 2.05) is 0 Å². The fourth-order valence-corrected chi connectivity index (χ4v) is 3.36. The van der Waals surface area contributed by atoms with Crippen LogP contribution in [0.15, 0.2) is 103 Å². The summed E-state index contributed by atoms with van der Waals surface area (Å²) < 4.78 is 0. The molecule has 0 spiro atoms. The van der Waals surface area contributed by atoms with E-state index in [-0.39, 0.29) is 5.41 Å². The molecule has 22 heavy (non-hydrogen) atoms. The molecule has 0 radical (unpaired) electrons. The van der Waals surface area contributed by atoms with Crippen LogP contribution >= 0.6 is 0 Å². The van der Waals surface area contributed by atoms with Gasteiger partial charge in [-0.3, -0.25) is 12.5 Å². The summed E-state index contributed by atoms with van der Waals surface area (Å²) in [6.07, 6.45) is 4.46. The van der Waals surface area contributed by atoms with E-state index >= 15 is 0 Å². The van der Waals surface area contributed by atoms with Gasteiger partial charge in [0.25, 0.3) is 0 Å². The molecule has 0 aromatic heterocycles. The first kappa shape index (κ1) is 13.0. The summed E-state index contributed by atoms with van der Waals surface area (Å²) in [7, 11) is 0. The van der Waals surface area contributed by atoms with E-state index in [2.05, 4.69) is 103 Å². The minimum atomic E-state index is -0.205. The lowest BCUT2D eigenvalue weighted by Crippen LogP contribution is -2.28. The highest BCUT2D eigenvalue weighted by Gasteiger charge is 2.35. The van der Waals surface area contributed by atoms with Gasteiger partial charge in [0.15, 0.2) is 0 Å². The zero-order chi connectivity index (χ0) is 14.8. The van der Waals surface area contributed by atoms with Crippen molar-refractivity contribution >= 4 is 0 Å². The molecule has 4 rings (SSSR count). The van der Waals surface area contributed by atoms with Gasteiger partial charge in [0.1, 0.15) is 0 Å². The topological polar surface area (TPSA) is 0 Å². The molecular weight excluding hydrogens is 264 g/mol. The lowest BCUT2D eigenvalue weighted by Gasteiger charge is -2.39. The monoisotopic (exact) mass is 281 g/mol. The Morgan fingerprint density at radius 3 is 1.09 bits per heavy atom. The Kier molecular flexibility index (Phi) is 3.08. The molecule has 0 amide bonds. The van der Waals surface area contributed by atoms with Crippen LogP contribution in [0.1, 0.15) is 16.7 Å². The van der Waals surface area contributed by atoms with Crippen LogP contribution in [0.4, 0.5) is 0 Å². The first-order valence-electron chi connectivity index (χ1n) is 7.64. The lowest BCUT2D eigenvalue weighted by atomic mass is 9.67. The standard InChI is InChI=1S/C22H17/c1-4-10-18(11-5-1)22(21-16-17-21,19-12-6-2-7-13-19)20-14-8-3-9-15-20/h1-17H/q-1. The normalized spacial score (nSPS) is 13.2. The number of hydrogen-bond acceptors (Lipinski definition) is 0. The molecular formula is C22H17-. The second kappa shape index (κ2) is 5.23. The molecule has 0 N–H and O–H groups in total. The summed E-state index contributed by atoms with van der Waals surface area (Å²) in [5.74, 6) is 0. The van der Waals surface area contributed by atoms with Gasteiger partial charge >= 0.3 is 0 Å². The molecule has 1 aliphatic carbocycles. The summed E-state index contributed by atoms with van der Waals surface area (Å²) in [5, 5.41) is 0. The fourth-order valence-electron chi connectivity index (χ4n) is 3.36. The predicted molar refractivity (Wildman–Crippen MR) is 91.6 cm³/mol. The van der Waals surface area contributed by atoms with E-state index in [4.69, 9.17) is 0 Å². The van der Waals surface area contributed by atoms with E-state index in [0.29, 0.717) is 0 Å². The van der Waals surface area contributed by atoms with Gasteiger partial charge in [0.05, 0.1) is 0 Å². The maximum atomic E-state index is 2.23. The zero-order valence-electron chi connectivity index (χ0n) is 12.3. The number of hydrogen-bond donors (Lipinski definition) is 0. The molecule has 1 aliphatic rings. The van der Waals surface area contributed by atoms with Crippen molar-refractivity contribution in [3.05, 3.63) is 126 Å². The van der Waals surface area contributed by atoms with E-state index in [9.17, 15) is 0 Å². The largest absolute Gasteiger partial charge is 0.276 e. The Morgan fingerprint density at radius 2 is 0.818 bits per heavy atom. The SMILES string of the molecule is C1=C(C(c2ccccc2)(c2ccccc2)c2ccccc2)[CH-]1. The van der Waals surface area contributed by atoms with Crippen molar-refractivity contribution in [3.8, 4) is 0 Å². The van der Waals surface area contributed by atoms with Gasteiger partial charge in [-0.1, -0.05) is 91.0 Å². The molecule has 0 aliphatic heterocycles. The van der Waals surface area contributed by atoms with Gasteiger partial charge in [-0.15, -0.1) is 0 Å². The van der Waals surface area contributed by atoms with Gasteiger partial charge in [0, 0.05) is 5.41 Å². The average Bonchev–Trinajstić information content (AvgIpc) is 3.44. The molecule has 0 saturated heterocycles. The molecule has 0 bridgehead atoms. The quantitative estimate of drug-likeness (QED) is 0.457. The number of rotatable bonds is 4. The Bertz CT molecular complexity index is 687. The summed E-state index contributed by atoms with van der Waals surface area (Å²) >= 11 is 0. The Hall–Kier alpha value is -2.73. The molecule has 0 heterocycles. The molecule has 0 atom stereocenters. The first-order chi connectivity index (χ1) is 10.9. The van der Waals surface area contributed by atoms with Crippen LogP contribution in [0, 0.1) is 6.42 Å². The maximum Gasteiger partial charge on any atom is 0.00451 e. The van der Waals surface area contributed by atoms with Crippen LogP contribution in [0.5, 0.6) is 0 Å². The second-order valence-corrected chi connectivity index (χ2v) is 5.64. The third-order valence-electron chi connectivity index (χ3n) is 4.39. The van der Waals surface area contributed by atoms with Crippen LogP contribution in [-0.4, -0.2) is 0 Å². The smallest absolute Gasteiger partial charge is 0.00451 e. The van der Waals surface area contributed by atoms with Crippen molar-refractivity contribution in [2.75, 3.05) is 0 Å². The molecule has 0 nitrogen and oxygen atoms in total. The van der Waals surface area contributed by atoms with Crippen LogP contribution in [-0.2, 0) is 5.41 Å². The molecule has 3 aromatic carbocycles. The molecule has 0 saturated carbocycles. The van der Waals surface area contributed by atoms with Gasteiger partial charge < -0.3 is 0 Å². The summed E-state index contributed by atoms with van der Waals surface area (Å²) in [5.41, 5.74) is 5.10. The maximum absolute atomic E-state index is 2.23. The average molecular weight is 281 g/mol. The molecule has 0 fully saturated rings. The van der Waals surface area contributed by atoms with Crippen LogP contribution in [0.2, 0.25) is 0 Å². The third-order valence-corrected chi connectivity index (χ3v) is 4.39. The van der Waals surface area contributed by atoms with Crippen LogP contribution in [0.25, 0.3) is 0 Å². The number of allylic oxidation sites excluding steroid dienone is 2. The van der Waals surface area contributed by atoms with Crippen LogP contribution in [0.3, 0.4) is 0 Å². The predicted octanol–water partition coefficient (Wildman–Crippen LogP) is 5.17. The van der Waals surface area contributed by atoms with Gasteiger partial charge in [-0.2, -0.15) is 0 Å². The third kappa shape index (κ3) is 1.96. The van der Waals surface area contributed by atoms with E-state index < -0.39 is 0 Å². The highest BCUT2D eigenvalue weighted by Crippen LogP contribution is 2.50. The molecule has 0 unspecified atom stereocenters. The zero-order valence-corrected chi connectivity index (χ0v) is 12.3. The minimum absolute atomic E-state index is 0.205. The van der Waals surface area contributed by atoms with Crippen LogP contribution < -0.4 is 0 Å². The van der Waals surface area contributed by atoms with E-state index in [1.54, 1.807) is 0 Å². The van der Waals surface area contributed by atoms with E-state index in [1.165, 1.54) is 22.3 Å². The summed E-state index contributed by atoms with van der Waals surface area (Å²) in [6.45, 7) is 0. The van der Waals surface area contributed by atoms with Crippen molar-refractivity contribution in [1.82, 2.24) is 0 Å². The van der Waals surface area contributed by atoms with Gasteiger partial charge in [-0.25, -0.2) is 5.57 Å². The van der Waals surface area contributed by atoms with Gasteiger partial charge in [-0.05, 0) is 16.7 Å². The highest BCUT2D eigenvalue weighted by molar-refractivity contribution is 5.66. The van der Waals surface area contributed by atoms with Crippen molar-refractivity contribution in [2.45, 2.75) is 5.41 Å². The van der Waals surface area contributed by atoms with Crippen molar-refractivity contribution in [2.24, 2.45) is 0 Å². The highest BCUT2D eigenvalue weighted by atomic mass is 14.4. The van der Waals surface area contributed by atoms with Crippen molar-refractivity contribution < 1.29 is 0 Å². The lowest BCUT2D eigenvalue weighted by molar-refractivity contribution is 0.759. The summed E-state index contributed by atoms with van der Waals surface area (Å²) in [4.78, 5) is 0. The second-order valence-electron chi connectivity index (χ2n) is 5.64. The Labute approximate surface area is 131 Å². The van der Waals surface area contributed by atoms with Crippen molar-refractivity contribution in [1.29, 1.82) is 0 Å². The summed E-state index contributed by atoms with van der Waals surface area (Å²) in [6, 6.07) is 32.4. The van der Waals surface area contributed by atoms with Gasteiger partial charge in [0.2, 0.25) is 0 Å².